The van der Waals surface area contributed by atoms with E-state index >= 15 is 0 Å². The lowest BCUT2D eigenvalue weighted by molar-refractivity contribution is 0.0612. The van der Waals surface area contributed by atoms with Crippen LogP contribution in [0.3, 0.4) is 0 Å². The third-order valence-corrected chi connectivity index (χ3v) is 5.03. The van der Waals surface area contributed by atoms with E-state index in [-0.39, 0.29) is 12.1 Å². The number of hydrogen-bond acceptors (Lipinski definition) is 3. The summed E-state index contributed by atoms with van der Waals surface area (Å²) in [5.74, 6) is 0.384. The molecule has 2 aromatic rings. The molecule has 1 aliphatic heterocycles. The molecular formula is C23H27NO3. The van der Waals surface area contributed by atoms with Gasteiger partial charge in [0.25, 0.3) is 0 Å². The smallest absolute Gasteiger partial charge is 0.410 e. The number of benzene rings is 2. The molecule has 1 amide bonds. The van der Waals surface area contributed by atoms with Gasteiger partial charge in [-0.2, -0.15) is 0 Å². The normalized spacial score (nSPS) is 19.9. The van der Waals surface area contributed by atoms with E-state index < -0.39 is 0 Å². The first-order valence-electron chi connectivity index (χ1n) is 9.40. The van der Waals surface area contributed by atoms with E-state index in [4.69, 9.17) is 9.47 Å². The van der Waals surface area contributed by atoms with Gasteiger partial charge in [0.15, 0.2) is 0 Å². The number of methoxy groups -OCH3 is 1. The molecule has 1 heterocycles. The predicted molar refractivity (Wildman–Crippen MR) is 106 cm³/mol. The molecular weight excluding hydrogens is 338 g/mol. The molecule has 0 saturated carbocycles. The molecule has 1 unspecified atom stereocenters. The molecule has 3 rings (SSSR count). The van der Waals surface area contributed by atoms with Crippen LogP contribution >= 0.6 is 0 Å². The highest BCUT2D eigenvalue weighted by atomic mass is 16.6. The van der Waals surface area contributed by atoms with Gasteiger partial charge >= 0.3 is 6.09 Å². The van der Waals surface area contributed by atoms with E-state index in [1.807, 2.05) is 35.2 Å². The van der Waals surface area contributed by atoms with Crippen LogP contribution < -0.4 is 0 Å². The van der Waals surface area contributed by atoms with Gasteiger partial charge in [-0.05, 0) is 42.9 Å². The Labute approximate surface area is 161 Å². The van der Waals surface area contributed by atoms with Crippen molar-refractivity contribution in [3.63, 3.8) is 0 Å². The fraction of sp³-hybridized carbons (Fsp3) is 0.348. The van der Waals surface area contributed by atoms with Gasteiger partial charge in [-0.25, -0.2) is 4.79 Å². The second kappa shape index (κ2) is 9.26. The van der Waals surface area contributed by atoms with Crippen LogP contribution in [0.2, 0.25) is 0 Å². The molecule has 1 saturated heterocycles. The van der Waals surface area contributed by atoms with Crippen LogP contribution in [0.25, 0.3) is 0 Å². The van der Waals surface area contributed by atoms with Crippen LogP contribution in [0.1, 0.15) is 35.6 Å². The maximum absolute atomic E-state index is 12.8. The van der Waals surface area contributed by atoms with Crippen molar-refractivity contribution in [1.82, 2.24) is 4.90 Å². The highest BCUT2D eigenvalue weighted by Crippen LogP contribution is 2.35. The molecule has 27 heavy (non-hydrogen) atoms. The molecule has 0 bridgehead atoms. The maximum atomic E-state index is 12.8. The summed E-state index contributed by atoms with van der Waals surface area (Å²) < 4.78 is 10.7. The summed E-state index contributed by atoms with van der Waals surface area (Å²) in [6, 6.07) is 18.2. The fourth-order valence-corrected chi connectivity index (χ4v) is 3.48. The van der Waals surface area contributed by atoms with Crippen LogP contribution in [-0.4, -0.2) is 24.6 Å². The summed E-state index contributed by atoms with van der Waals surface area (Å²) in [7, 11) is 1.66. The zero-order valence-corrected chi connectivity index (χ0v) is 16.0. The molecule has 2 aromatic carbocycles. The first kappa shape index (κ1) is 19.0. The first-order valence-corrected chi connectivity index (χ1v) is 9.40. The average molecular weight is 365 g/mol. The van der Waals surface area contributed by atoms with E-state index in [2.05, 4.69) is 37.3 Å². The molecule has 4 heteroatoms. The van der Waals surface area contributed by atoms with Gasteiger partial charge in [0.05, 0.1) is 19.4 Å². The van der Waals surface area contributed by atoms with Gasteiger partial charge < -0.3 is 14.4 Å². The Bertz CT molecular complexity index is 755. The number of allylic oxidation sites excluding steroid dienone is 1. The Morgan fingerprint density at radius 2 is 1.89 bits per heavy atom. The number of aryl methyl sites for hydroxylation is 1. The van der Waals surface area contributed by atoms with Crippen LogP contribution in [0.4, 0.5) is 4.79 Å². The van der Waals surface area contributed by atoms with Gasteiger partial charge in [-0.1, -0.05) is 60.2 Å². The lowest BCUT2D eigenvalue weighted by atomic mass is 9.87. The highest BCUT2D eigenvalue weighted by Gasteiger charge is 2.32. The maximum Gasteiger partial charge on any atom is 0.410 e. The number of nitrogens with zero attached hydrogens (tertiary/aromatic N) is 1. The second-order valence-electron chi connectivity index (χ2n) is 7.01. The van der Waals surface area contributed by atoms with Crippen molar-refractivity contribution in [3.8, 4) is 0 Å². The number of carbonyl (C=O) groups excluding carboxylic acids is 1. The molecule has 0 aromatic heterocycles. The van der Waals surface area contributed by atoms with Crippen molar-refractivity contribution in [1.29, 1.82) is 0 Å². The number of likely N-dealkylation sites (tertiary alicyclic amines) is 1. The summed E-state index contributed by atoms with van der Waals surface area (Å²) in [5, 5.41) is 0. The molecule has 0 aliphatic carbocycles. The topological polar surface area (TPSA) is 38.8 Å². The number of amides is 1. The monoisotopic (exact) mass is 365 g/mol. The van der Waals surface area contributed by atoms with Crippen molar-refractivity contribution in [2.75, 3.05) is 13.7 Å². The van der Waals surface area contributed by atoms with Gasteiger partial charge in [-0.3, -0.25) is 0 Å². The SMILES string of the molecule is CO/C=C/C1CCN(C(=O)OCc2ccccc2)[C@H](c2ccc(C)cc2)C1. The Kier molecular flexibility index (Phi) is 6.53. The molecule has 2 atom stereocenters. The van der Waals surface area contributed by atoms with Crippen molar-refractivity contribution < 1.29 is 14.3 Å². The lowest BCUT2D eigenvalue weighted by Gasteiger charge is -2.38. The highest BCUT2D eigenvalue weighted by molar-refractivity contribution is 5.68. The van der Waals surface area contributed by atoms with Crippen molar-refractivity contribution in [2.24, 2.45) is 5.92 Å². The van der Waals surface area contributed by atoms with Gasteiger partial charge in [0.1, 0.15) is 6.61 Å². The van der Waals surface area contributed by atoms with Crippen LogP contribution in [0.15, 0.2) is 66.9 Å². The Morgan fingerprint density at radius 3 is 2.59 bits per heavy atom. The summed E-state index contributed by atoms with van der Waals surface area (Å²) in [6.07, 6.45) is 5.35. The molecule has 4 nitrogen and oxygen atoms in total. The minimum absolute atomic E-state index is 0.00845. The third kappa shape index (κ3) is 5.13. The minimum Gasteiger partial charge on any atom is -0.505 e. The number of piperidine rings is 1. The molecule has 1 fully saturated rings. The zero-order chi connectivity index (χ0) is 19.1. The molecule has 0 N–H and O–H groups in total. The second-order valence-corrected chi connectivity index (χ2v) is 7.01. The quantitative estimate of drug-likeness (QED) is 0.680. The largest absolute Gasteiger partial charge is 0.505 e. The van der Waals surface area contributed by atoms with Crippen LogP contribution in [-0.2, 0) is 16.1 Å². The molecule has 0 spiro atoms. The lowest BCUT2D eigenvalue weighted by Crippen LogP contribution is -2.41. The van der Waals surface area contributed by atoms with Gasteiger partial charge in [0, 0.05) is 6.54 Å². The summed E-state index contributed by atoms with van der Waals surface area (Å²) in [5.41, 5.74) is 3.35. The van der Waals surface area contributed by atoms with Crippen molar-refractivity contribution in [3.05, 3.63) is 83.6 Å². The van der Waals surface area contributed by atoms with Crippen LogP contribution in [0.5, 0.6) is 0 Å². The molecule has 142 valence electrons. The molecule has 1 aliphatic rings. The average Bonchev–Trinajstić information content (AvgIpc) is 2.71. The summed E-state index contributed by atoms with van der Waals surface area (Å²) >= 11 is 0. The third-order valence-electron chi connectivity index (χ3n) is 5.03. The summed E-state index contributed by atoms with van der Waals surface area (Å²) in [4.78, 5) is 14.7. The Morgan fingerprint density at radius 1 is 1.15 bits per heavy atom. The van der Waals surface area contributed by atoms with E-state index in [0.29, 0.717) is 19.1 Å². The Hall–Kier alpha value is -2.75. The van der Waals surface area contributed by atoms with Gasteiger partial charge in [0.2, 0.25) is 0 Å². The van der Waals surface area contributed by atoms with E-state index in [0.717, 1.165) is 24.0 Å². The van der Waals surface area contributed by atoms with Crippen molar-refractivity contribution in [2.45, 2.75) is 32.4 Å². The fourth-order valence-electron chi connectivity index (χ4n) is 3.48. The summed E-state index contributed by atoms with van der Waals surface area (Å²) in [6.45, 7) is 3.04. The zero-order valence-electron chi connectivity index (χ0n) is 16.0. The number of hydrogen-bond donors (Lipinski definition) is 0. The number of rotatable bonds is 5. The number of carbonyl (C=O) groups is 1. The predicted octanol–water partition coefficient (Wildman–Crippen LogP) is 5.25. The van der Waals surface area contributed by atoms with Crippen LogP contribution in [0, 0.1) is 12.8 Å². The Balaban J connectivity index is 1.73. The van der Waals surface area contributed by atoms with E-state index in [1.54, 1.807) is 13.4 Å². The number of ether oxygens (including phenoxy) is 2. The molecule has 0 radical (unpaired) electrons. The van der Waals surface area contributed by atoms with E-state index in [9.17, 15) is 4.79 Å². The standard InChI is InChI=1S/C23H27NO3/c1-18-8-10-21(11-9-18)22-16-19(13-15-26-2)12-14-24(22)23(25)27-17-20-6-4-3-5-7-20/h3-11,13,15,19,22H,12,14,16-17H2,1-2H3/b15-13+/t19?,22-/m0/s1. The van der Waals surface area contributed by atoms with Gasteiger partial charge in [-0.15, -0.1) is 0 Å². The minimum atomic E-state index is -0.251. The van der Waals surface area contributed by atoms with E-state index in [1.165, 1.54) is 5.56 Å². The van der Waals surface area contributed by atoms with Crippen molar-refractivity contribution >= 4 is 6.09 Å². The first-order chi connectivity index (χ1) is 13.2.